The molecule has 0 aliphatic heterocycles. The Morgan fingerprint density at radius 3 is 2.31 bits per heavy atom. The second-order valence-electron chi connectivity index (χ2n) is 6.72. The molecule has 0 saturated carbocycles. The first-order valence-electron chi connectivity index (χ1n) is 7.95. The van der Waals surface area contributed by atoms with Crippen molar-refractivity contribution < 1.29 is 14.3 Å². The third-order valence-electron chi connectivity index (χ3n) is 3.51. The number of ketones is 1. The van der Waals surface area contributed by atoms with Crippen LogP contribution in [0.2, 0.25) is 0 Å². The van der Waals surface area contributed by atoms with Gasteiger partial charge in [0.05, 0.1) is 11.1 Å². The number of hydrogen-bond acceptors (Lipinski definition) is 4. The Morgan fingerprint density at radius 2 is 1.77 bits per heavy atom. The number of allylic oxidation sites excluding steroid dienone is 1. The van der Waals surface area contributed by atoms with E-state index < -0.39 is 11.4 Å². The van der Waals surface area contributed by atoms with Gasteiger partial charge < -0.3 is 4.74 Å². The summed E-state index contributed by atoms with van der Waals surface area (Å²) in [6, 6.07) is 15.5. The van der Waals surface area contributed by atoms with E-state index in [2.05, 4.69) is 15.9 Å². The molecule has 0 bridgehead atoms. The molecule has 4 nitrogen and oxygen atoms in total. The zero-order valence-electron chi connectivity index (χ0n) is 14.7. The van der Waals surface area contributed by atoms with Gasteiger partial charge in [0.1, 0.15) is 11.8 Å². The van der Waals surface area contributed by atoms with E-state index in [-0.39, 0.29) is 11.4 Å². The molecule has 0 saturated heterocycles. The minimum Gasteiger partial charge on any atom is -0.423 e. The Kier molecular flexibility index (Phi) is 6.12. The van der Waals surface area contributed by atoms with Crippen molar-refractivity contribution in [2.24, 2.45) is 5.41 Å². The quantitative estimate of drug-likeness (QED) is 0.300. The van der Waals surface area contributed by atoms with E-state index in [1.807, 2.05) is 12.1 Å². The standard InChI is InChI=1S/C21H18BrNO3/c1-21(2,3)19(24)16(13-23)11-14-7-9-18(10-8-14)26-20(25)15-5-4-6-17(22)12-15/h4-12H,1-3H3. The van der Waals surface area contributed by atoms with Gasteiger partial charge in [-0.2, -0.15) is 5.26 Å². The fourth-order valence-electron chi connectivity index (χ4n) is 2.13. The fourth-order valence-corrected chi connectivity index (χ4v) is 2.53. The molecule has 2 aromatic rings. The molecule has 26 heavy (non-hydrogen) atoms. The maximum Gasteiger partial charge on any atom is 0.343 e. The molecule has 132 valence electrons. The largest absolute Gasteiger partial charge is 0.423 e. The van der Waals surface area contributed by atoms with Crippen LogP contribution in [0.3, 0.4) is 0 Å². The van der Waals surface area contributed by atoms with Crippen molar-refractivity contribution in [3.8, 4) is 11.8 Å². The van der Waals surface area contributed by atoms with Gasteiger partial charge in [-0.3, -0.25) is 4.79 Å². The number of carbonyl (C=O) groups is 2. The highest BCUT2D eigenvalue weighted by atomic mass is 79.9. The average molecular weight is 412 g/mol. The summed E-state index contributed by atoms with van der Waals surface area (Å²) in [7, 11) is 0. The van der Waals surface area contributed by atoms with Crippen molar-refractivity contribution in [2.75, 3.05) is 0 Å². The molecule has 2 rings (SSSR count). The monoisotopic (exact) mass is 411 g/mol. The average Bonchev–Trinajstić information content (AvgIpc) is 2.59. The van der Waals surface area contributed by atoms with Gasteiger partial charge in [0.2, 0.25) is 0 Å². The second-order valence-corrected chi connectivity index (χ2v) is 7.63. The van der Waals surface area contributed by atoms with E-state index >= 15 is 0 Å². The van der Waals surface area contributed by atoms with Gasteiger partial charge in [0, 0.05) is 9.89 Å². The number of halogens is 1. The minimum absolute atomic E-state index is 0.0939. The maximum atomic E-state index is 12.2. The van der Waals surface area contributed by atoms with Crippen molar-refractivity contribution in [3.05, 3.63) is 69.7 Å². The summed E-state index contributed by atoms with van der Waals surface area (Å²) < 4.78 is 6.12. The second kappa shape index (κ2) is 8.11. The van der Waals surface area contributed by atoms with Crippen molar-refractivity contribution in [3.63, 3.8) is 0 Å². The zero-order valence-corrected chi connectivity index (χ0v) is 16.3. The highest BCUT2D eigenvalue weighted by Crippen LogP contribution is 2.22. The number of nitriles is 1. The number of nitrogens with zero attached hydrogens (tertiary/aromatic N) is 1. The smallest absolute Gasteiger partial charge is 0.343 e. The lowest BCUT2D eigenvalue weighted by Crippen LogP contribution is -2.21. The Bertz CT molecular complexity index is 900. The molecule has 5 heteroatoms. The van der Waals surface area contributed by atoms with Gasteiger partial charge in [-0.15, -0.1) is 0 Å². The Balaban J connectivity index is 2.15. The first-order chi connectivity index (χ1) is 12.2. The SMILES string of the molecule is CC(C)(C)C(=O)C(C#N)=Cc1ccc(OC(=O)c2cccc(Br)c2)cc1. The van der Waals surface area contributed by atoms with Crippen LogP contribution in [-0.4, -0.2) is 11.8 Å². The summed E-state index contributed by atoms with van der Waals surface area (Å²) in [6.07, 6.45) is 1.54. The van der Waals surface area contributed by atoms with Gasteiger partial charge >= 0.3 is 5.97 Å². The Hall–Kier alpha value is -2.71. The summed E-state index contributed by atoms with van der Waals surface area (Å²) in [5, 5.41) is 9.23. The molecule has 0 radical (unpaired) electrons. The van der Waals surface area contributed by atoms with Crippen LogP contribution in [0, 0.1) is 16.7 Å². The highest BCUT2D eigenvalue weighted by molar-refractivity contribution is 9.10. The fraction of sp³-hybridized carbons (Fsp3) is 0.190. The normalized spacial score (nSPS) is 11.6. The van der Waals surface area contributed by atoms with Crippen molar-refractivity contribution in [1.82, 2.24) is 0 Å². The third-order valence-corrected chi connectivity index (χ3v) is 4.00. The highest BCUT2D eigenvalue weighted by Gasteiger charge is 2.24. The molecule has 0 atom stereocenters. The van der Waals surface area contributed by atoms with Gasteiger partial charge in [-0.25, -0.2) is 4.79 Å². The molecule has 0 N–H and O–H groups in total. The molecule has 0 fully saturated rings. The summed E-state index contributed by atoms with van der Waals surface area (Å²) in [5.41, 5.74) is 0.588. The zero-order chi connectivity index (χ0) is 19.3. The predicted molar refractivity (Wildman–Crippen MR) is 104 cm³/mol. The predicted octanol–water partition coefficient (Wildman–Crippen LogP) is 5.19. The molecule has 0 aromatic heterocycles. The van der Waals surface area contributed by atoms with Crippen LogP contribution in [0.15, 0.2) is 58.6 Å². The van der Waals surface area contributed by atoms with Gasteiger partial charge in [-0.05, 0) is 42.0 Å². The number of carbonyl (C=O) groups excluding carboxylic acids is 2. The van der Waals surface area contributed by atoms with E-state index in [4.69, 9.17) is 4.74 Å². The van der Waals surface area contributed by atoms with Gasteiger partial charge in [-0.1, -0.05) is 54.9 Å². The molecule has 0 aliphatic rings. The van der Waals surface area contributed by atoms with E-state index in [0.717, 1.165) is 4.47 Å². The van der Waals surface area contributed by atoms with Crippen LogP contribution in [0.5, 0.6) is 5.75 Å². The summed E-state index contributed by atoms with van der Waals surface area (Å²) in [6.45, 7) is 5.31. The molecule has 0 aliphatic carbocycles. The van der Waals surface area contributed by atoms with E-state index in [9.17, 15) is 14.9 Å². The summed E-state index contributed by atoms with van der Waals surface area (Å²) in [4.78, 5) is 24.4. The van der Waals surface area contributed by atoms with Crippen LogP contribution in [0.4, 0.5) is 0 Å². The van der Waals surface area contributed by atoms with E-state index in [0.29, 0.717) is 16.9 Å². The molecule has 0 unspecified atom stereocenters. The lowest BCUT2D eigenvalue weighted by molar-refractivity contribution is -0.121. The summed E-state index contributed by atoms with van der Waals surface area (Å²) >= 11 is 3.31. The van der Waals surface area contributed by atoms with Crippen LogP contribution < -0.4 is 4.74 Å². The number of Topliss-reactive ketones (excluding diaryl/α,β-unsaturated/α-hetero) is 1. The van der Waals surface area contributed by atoms with Crippen LogP contribution in [0.25, 0.3) is 6.08 Å². The first-order valence-corrected chi connectivity index (χ1v) is 8.74. The van der Waals surface area contributed by atoms with E-state index in [1.165, 1.54) is 6.08 Å². The van der Waals surface area contributed by atoms with Crippen LogP contribution in [-0.2, 0) is 4.79 Å². The molecule has 0 amide bonds. The molecule has 2 aromatic carbocycles. The molecular weight excluding hydrogens is 394 g/mol. The maximum absolute atomic E-state index is 12.2. The first kappa shape index (κ1) is 19.6. The molecule has 0 spiro atoms. The lowest BCUT2D eigenvalue weighted by Gasteiger charge is -2.15. The number of ether oxygens (including phenoxy) is 1. The topological polar surface area (TPSA) is 67.2 Å². The molecular formula is C21H18BrNO3. The van der Waals surface area contributed by atoms with Crippen LogP contribution >= 0.6 is 15.9 Å². The van der Waals surface area contributed by atoms with Gasteiger partial charge in [0.15, 0.2) is 5.78 Å². The Morgan fingerprint density at radius 1 is 1.12 bits per heavy atom. The van der Waals surface area contributed by atoms with Crippen molar-refractivity contribution in [1.29, 1.82) is 5.26 Å². The number of benzene rings is 2. The van der Waals surface area contributed by atoms with Gasteiger partial charge in [0.25, 0.3) is 0 Å². The third kappa shape index (κ3) is 5.14. The minimum atomic E-state index is -0.624. The van der Waals surface area contributed by atoms with E-state index in [1.54, 1.807) is 63.2 Å². The summed E-state index contributed by atoms with van der Waals surface area (Å²) in [5.74, 6) is -0.298. The van der Waals surface area contributed by atoms with Crippen LogP contribution in [0.1, 0.15) is 36.7 Å². The van der Waals surface area contributed by atoms with Crippen molar-refractivity contribution >= 4 is 33.8 Å². The number of rotatable bonds is 4. The molecule has 0 heterocycles. The number of hydrogen-bond donors (Lipinski definition) is 0. The van der Waals surface area contributed by atoms with Crippen molar-refractivity contribution in [2.45, 2.75) is 20.8 Å². The number of esters is 1. The Labute approximate surface area is 161 Å². The lowest BCUT2D eigenvalue weighted by atomic mass is 9.86.